The van der Waals surface area contributed by atoms with E-state index in [0.29, 0.717) is 41.0 Å². The zero-order valence-corrected chi connectivity index (χ0v) is 21.9. The van der Waals surface area contributed by atoms with Gasteiger partial charge in [0.2, 0.25) is 0 Å². The Kier molecular flexibility index (Phi) is 6.05. The molecule has 2 bridgehead atoms. The van der Waals surface area contributed by atoms with Crippen molar-refractivity contribution in [1.82, 2.24) is 15.3 Å². The molecular formula is C31H33FN4O3. The molecule has 4 aromatic rings. The summed E-state index contributed by atoms with van der Waals surface area (Å²) < 4.78 is 22.6. The first kappa shape index (κ1) is 24.5. The first-order chi connectivity index (χ1) is 19.0. The van der Waals surface area contributed by atoms with Gasteiger partial charge in [-0.25, -0.2) is 4.39 Å². The van der Waals surface area contributed by atoms with Crippen LogP contribution >= 0.6 is 0 Å². The standard InChI is InChI=1S/C31H33FN4O3/c32-27-24(26-14-22(38)13-19-5-1-2-6-23(19)26)9-10-25-28(27)34-30(39-18-31(17-37)11-3-4-12-31)35-29(25)36-15-20-7-8-21(16-36)33-20/h1-2,5-6,9-10,13-14,20-21,33,37-38H,3-4,7-8,11-12,15-18H2. The number of phenols is 1. The van der Waals surface area contributed by atoms with Gasteiger partial charge >= 0.3 is 6.01 Å². The van der Waals surface area contributed by atoms with Crippen LogP contribution in [0.25, 0.3) is 32.8 Å². The van der Waals surface area contributed by atoms with Gasteiger partial charge in [-0.1, -0.05) is 43.2 Å². The Hall–Kier alpha value is -3.49. The average Bonchev–Trinajstić information content (AvgIpc) is 3.57. The van der Waals surface area contributed by atoms with Gasteiger partial charge in [-0.2, -0.15) is 9.97 Å². The average molecular weight is 529 g/mol. The number of nitrogens with zero attached hydrogens (tertiary/aromatic N) is 3. The van der Waals surface area contributed by atoms with E-state index in [1.54, 1.807) is 18.2 Å². The van der Waals surface area contributed by atoms with Gasteiger partial charge in [-0.15, -0.1) is 0 Å². The first-order valence-electron chi connectivity index (χ1n) is 14.0. The molecule has 3 heterocycles. The van der Waals surface area contributed by atoms with Crippen LogP contribution in [0.2, 0.25) is 0 Å². The number of aromatic hydroxyl groups is 1. The van der Waals surface area contributed by atoms with Crippen LogP contribution in [0, 0.1) is 11.2 Å². The van der Waals surface area contributed by atoms with Crippen molar-refractivity contribution in [3.8, 4) is 22.9 Å². The molecule has 3 N–H and O–H groups in total. The minimum absolute atomic E-state index is 0.0533. The number of hydrogen-bond donors (Lipinski definition) is 3. The molecule has 0 radical (unpaired) electrons. The number of halogens is 1. The van der Waals surface area contributed by atoms with Crippen LogP contribution in [-0.4, -0.2) is 58.6 Å². The minimum Gasteiger partial charge on any atom is -0.508 e. The highest BCUT2D eigenvalue weighted by molar-refractivity contribution is 6.01. The Morgan fingerprint density at radius 1 is 0.974 bits per heavy atom. The second kappa shape index (κ2) is 9.61. The maximum atomic E-state index is 16.5. The zero-order valence-electron chi connectivity index (χ0n) is 21.9. The van der Waals surface area contributed by atoms with Gasteiger partial charge in [0.05, 0.1) is 13.2 Å². The fourth-order valence-electron chi connectivity index (χ4n) is 6.82. The van der Waals surface area contributed by atoms with Crippen molar-refractivity contribution in [2.24, 2.45) is 5.41 Å². The fourth-order valence-corrected chi connectivity index (χ4v) is 6.82. The number of phenolic OH excluding ortho intramolecular Hbond substituents is 1. The SMILES string of the molecule is OCC1(COc2nc(N3CC4CCC(C3)N4)c3ccc(-c4cc(O)cc5ccccc45)c(F)c3n2)CCCC1. The summed E-state index contributed by atoms with van der Waals surface area (Å²) in [6, 6.07) is 15.5. The number of hydrogen-bond acceptors (Lipinski definition) is 7. The number of nitrogens with one attached hydrogen (secondary N) is 1. The van der Waals surface area contributed by atoms with Gasteiger partial charge in [0.15, 0.2) is 5.82 Å². The van der Waals surface area contributed by atoms with Crippen LogP contribution in [0.1, 0.15) is 38.5 Å². The van der Waals surface area contributed by atoms with Crippen molar-refractivity contribution < 1.29 is 19.3 Å². The lowest BCUT2D eigenvalue weighted by atomic mass is 9.88. The summed E-state index contributed by atoms with van der Waals surface area (Å²) in [5.41, 5.74) is 0.884. The quantitative estimate of drug-likeness (QED) is 0.318. The summed E-state index contributed by atoms with van der Waals surface area (Å²) >= 11 is 0. The highest BCUT2D eigenvalue weighted by atomic mass is 19.1. The van der Waals surface area contributed by atoms with E-state index in [2.05, 4.69) is 15.2 Å². The molecule has 2 saturated heterocycles. The van der Waals surface area contributed by atoms with E-state index in [-0.39, 0.29) is 29.3 Å². The summed E-state index contributed by atoms with van der Waals surface area (Å²) in [6.07, 6.45) is 6.16. The van der Waals surface area contributed by atoms with Crippen LogP contribution in [-0.2, 0) is 0 Å². The monoisotopic (exact) mass is 528 g/mol. The highest BCUT2D eigenvalue weighted by Gasteiger charge is 2.36. The third-order valence-corrected chi connectivity index (χ3v) is 8.93. The summed E-state index contributed by atoms with van der Waals surface area (Å²) in [4.78, 5) is 11.7. The molecule has 2 atom stereocenters. The molecule has 3 aliphatic rings. The Morgan fingerprint density at radius 2 is 1.74 bits per heavy atom. The molecule has 2 unspecified atom stereocenters. The number of benzene rings is 3. The van der Waals surface area contributed by atoms with E-state index in [9.17, 15) is 10.2 Å². The predicted molar refractivity (Wildman–Crippen MR) is 150 cm³/mol. The number of rotatable bonds is 6. The van der Waals surface area contributed by atoms with E-state index in [1.807, 2.05) is 30.3 Å². The van der Waals surface area contributed by atoms with Gasteiger partial charge in [0, 0.05) is 41.5 Å². The van der Waals surface area contributed by atoms with Gasteiger partial charge in [-0.3, -0.25) is 0 Å². The molecular weight excluding hydrogens is 495 g/mol. The molecule has 0 amide bonds. The van der Waals surface area contributed by atoms with E-state index < -0.39 is 5.82 Å². The lowest BCUT2D eigenvalue weighted by molar-refractivity contribution is 0.0676. The first-order valence-corrected chi connectivity index (χ1v) is 14.0. The summed E-state index contributed by atoms with van der Waals surface area (Å²) in [7, 11) is 0. The molecule has 7 rings (SSSR count). The molecule has 7 nitrogen and oxygen atoms in total. The van der Waals surface area contributed by atoms with E-state index in [1.165, 1.54) is 0 Å². The van der Waals surface area contributed by atoms with Crippen molar-refractivity contribution in [2.75, 3.05) is 31.2 Å². The number of fused-ring (bicyclic) bond motifs is 4. The molecule has 1 aromatic heterocycles. The largest absolute Gasteiger partial charge is 0.508 e. The molecule has 1 aliphatic carbocycles. The van der Waals surface area contributed by atoms with Crippen molar-refractivity contribution in [2.45, 2.75) is 50.6 Å². The Balaban J connectivity index is 1.36. The number of ether oxygens (including phenoxy) is 1. The van der Waals surface area contributed by atoms with Crippen molar-refractivity contribution in [3.05, 3.63) is 54.3 Å². The van der Waals surface area contributed by atoms with Crippen molar-refractivity contribution >= 4 is 27.5 Å². The van der Waals surface area contributed by atoms with E-state index >= 15 is 4.39 Å². The minimum atomic E-state index is -0.465. The predicted octanol–water partition coefficient (Wildman–Crippen LogP) is 5.17. The van der Waals surface area contributed by atoms with Crippen LogP contribution in [0.4, 0.5) is 10.2 Å². The second-order valence-corrected chi connectivity index (χ2v) is 11.6. The van der Waals surface area contributed by atoms with Crippen molar-refractivity contribution in [3.63, 3.8) is 0 Å². The normalized spacial score (nSPS) is 22.2. The van der Waals surface area contributed by atoms with Gasteiger partial charge in [0.1, 0.15) is 17.1 Å². The summed E-state index contributed by atoms with van der Waals surface area (Å²) in [5.74, 6) is 0.300. The van der Waals surface area contributed by atoms with Crippen LogP contribution in [0.15, 0.2) is 48.5 Å². The van der Waals surface area contributed by atoms with Gasteiger partial charge in [0.25, 0.3) is 0 Å². The van der Waals surface area contributed by atoms with Crippen LogP contribution < -0.4 is 15.0 Å². The number of aromatic nitrogens is 2. The molecule has 202 valence electrons. The van der Waals surface area contributed by atoms with Crippen LogP contribution in [0.5, 0.6) is 11.8 Å². The smallest absolute Gasteiger partial charge is 0.319 e. The zero-order chi connectivity index (χ0) is 26.6. The Bertz CT molecular complexity index is 1540. The maximum absolute atomic E-state index is 16.5. The molecule has 2 aliphatic heterocycles. The lowest BCUT2D eigenvalue weighted by Crippen LogP contribution is -2.51. The van der Waals surface area contributed by atoms with E-state index in [0.717, 1.165) is 62.4 Å². The number of anilines is 1. The lowest BCUT2D eigenvalue weighted by Gasteiger charge is -2.34. The van der Waals surface area contributed by atoms with E-state index in [4.69, 9.17) is 9.72 Å². The number of piperazine rings is 1. The Morgan fingerprint density at radius 3 is 2.51 bits per heavy atom. The van der Waals surface area contributed by atoms with Gasteiger partial charge < -0.3 is 25.2 Å². The number of aliphatic hydroxyl groups is 1. The highest BCUT2D eigenvalue weighted by Crippen LogP contribution is 2.40. The summed E-state index contributed by atoms with van der Waals surface area (Å²) in [5, 5.41) is 26.5. The maximum Gasteiger partial charge on any atom is 0.319 e. The molecule has 0 spiro atoms. The molecule has 39 heavy (non-hydrogen) atoms. The molecule has 8 heteroatoms. The van der Waals surface area contributed by atoms with Crippen LogP contribution in [0.3, 0.4) is 0 Å². The fraction of sp³-hybridized carbons (Fsp3) is 0.419. The second-order valence-electron chi connectivity index (χ2n) is 11.6. The third kappa shape index (κ3) is 4.36. The third-order valence-electron chi connectivity index (χ3n) is 8.93. The number of aliphatic hydroxyl groups excluding tert-OH is 1. The molecule has 1 saturated carbocycles. The topological polar surface area (TPSA) is 90.7 Å². The van der Waals surface area contributed by atoms with Crippen molar-refractivity contribution in [1.29, 1.82) is 0 Å². The Labute approximate surface area is 226 Å². The molecule has 3 aromatic carbocycles. The molecule has 3 fully saturated rings. The van der Waals surface area contributed by atoms with Gasteiger partial charge in [-0.05, 0) is 60.2 Å². The summed E-state index contributed by atoms with van der Waals surface area (Å²) in [6.45, 7) is 1.95.